The minimum absolute atomic E-state index is 0.203. The van der Waals surface area contributed by atoms with E-state index in [4.69, 9.17) is 0 Å². The van der Waals surface area contributed by atoms with Gasteiger partial charge in [0, 0.05) is 12.2 Å². The normalized spacial score (nSPS) is 11.7. The molecule has 0 saturated heterocycles. The summed E-state index contributed by atoms with van der Waals surface area (Å²) in [5.74, 6) is 0.933. The van der Waals surface area contributed by atoms with Gasteiger partial charge >= 0.3 is 0 Å². The Balaban J connectivity index is 2.31. The first-order chi connectivity index (χ1) is 7.99. The Hall–Kier alpha value is -1.03. The van der Waals surface area contributed by atoms with E-state index in [9.17, 15) is 8.42 Å². The van der Waals surface area contributed by atoms with Crippen molar-refractivity contribution < 1.29 is 8.42 Å². The van der Waals surface area contributed by atoms with Crippen LogP contribution in [-0.4, -0.2) is 26.5 Å². The maximum absolute atomic E-state index is 11.7. The van der Waals surface area contributed by atoms with Crippen LogP contribution < -0.4 is 5.32 Å². The second-order valence-corrected chi connectivity index (χ2v) is 6.93. The third-order valence-corrected chi connectivity index (χ3v) is 4.21. The molecular weight excluding hydrogens is 234 g/mol. The van der Waals surface area contributed by atoms with Crippen molar-refractivity contribution in [3.63, 3.8) is 0 Å². The van der Waals surface area contributed by atoms with Gasteiger partial charge in [0.25, 0.3) is 0 Å². The second kappa shape index (κ2) is 6.64. The largest absolute Gasteiger partial charge is 0.384 e. The minimum Gasteiger partial charge on any atom is -0.384 e. The van der Waals surface area contributed by atoms with Gasteiger partial charge in [0.15, 0.2) is 9.84 Å². The lowest BCUT2D eigenvalue weighted by molar-refractivity contribution is 0.574. The van der Waals surface area contributed by atoms with E-state index in [0.29, 0.717) is 18.2 Å². The molecule has 0 aliphatic carbocycles. The van der Waals surface area contributed by atoms with E-state index >= 15 is 0 Å². The first-order valence-corrected chi connectivity index (χ1v) is 7.81. The number of benzene rings is 1. The summed E-state index contributed by atoms with van der Waals surface area (Å²) < 4.78 is 23.4. The zero-order chi connectivity index (χ0) is 12.7. The molecule has 0 atom stereocenters. The van der Waals surface area contributed by atoms with Gasteiger partial charge in [-0.1, -0.05) is 32.0 Å². The van der Waals surface area contributed by atoms with Crippen LogP contribution in [0.2, 0.25) is 0 Å². The van der Waals surface area contributed by atoms with Gasteiger partial charge < -0.3 is 5.32 Å². The molecule has 0 aliphatic rings. The average molecular weight is 255 g/mol. The maximum atomic E-state index is 11.7. The van der Waals surface area contributed by atoms with E-state index < -0.39 is 9.84 Å². The summed E-state index contributed by atoms with van der Waals surface area (Å²) in [4.78, 5) is 0. The molecule has 1 aromatic carbocycles. The van der Waals surface area contributed by atoms with Crippen LogP contribution in [0.3, 0.4) is 0 Å². The predicted molar refractivity (Wildman–Crippen MR) is 73.0 cm³/mol. The predicted octanol–water partition coefficient (Wildman–Crippen LogP) is 2.56. The Bertz CT molecular complexity index is 412. The van der Waals surface area contributed by atoms with Crippen LogP contribution in [0.1, 0.15) is 20.3 Å². The molecule has 0 amide bonds. The lowest BCUT2D eigenvalue weighted by Crippen LogP contribution is -2.19. The van der Waals surface area contributed by atoms with Crippen LogP contribution in [0.15, 0.2) is 30.3 Å². The average Bonchev–Trinajstić information content (AvgIpc) is 2.28. The molecule has 1 rings (SSSR count). The molecule has 0 aromatic heterocycles. The second-order valence-electron chi connectivity index (χ2n) is 4.63. The number of rotatable bonds is 7. The highest BCUT2D eigenvalue weighted by atomic mass is 32.2. The standard InChI is InChI=1S/C13H21NO2S/c1-12(2)8-10-17(15,16)11-9-14-13-6-4-3-5-7-13/h3-7,12,14H,8-11H2,1-2H3. The van der Waals surface area contributed by atoms with Crippen molar-refractivity contribution in [2.24, 2.45) is 5.92 Å². The highest BCUT2D eigenvalue weighted by molar-refractivity contribution is 7.91. The highest BCUT2D eigenvalue weighted by Gasteiger charge is 2.11. The first kappa shape index (κ1) is 14.0. The lowest BCUT2D eigenvalue weighted by atomic mass is 10.2. The van der Waals surface area contributed by atoms with Crippen molar-refractivity contribution in [2.45, 2.75) is 20.3 Å². The van der Waals surface area contributed by atoms with Gasteiger partial charge in [0.2, 0.25) is 0 Å². The van der Waals surface area contributed by atoms with Crippen LogP contribution in [0.5, 0.6) is 0 Å². The van der Waals surface area contributed by atoms with E-state index in [-0.39, 0.29) is 5.75 Å². The van der Waals surface area contributed by atoms with Gasteiger partial charge in [0.1, 0.15) is 0 Å². The Morgan fingerprint density at radius 2 is 1.76 bits per heavy atom. The maximum Gasteiger partial charge on any atom is 0.152 e. The first-order valence-electron chi connectivity index (χ1n) is 5.99. The summed E-state index contributed by atoms with van der Waals surface area (Å²) in [6.07, 6.45) is 0.744. The fourth-order valence-corrected chi connectivity index (χ4v) is 2.87. The van der Waals surface area contributed by atoms with Crippen LogP contribution in [0, 0.1) is 5.92 Å². The van der Waals surface area contributed by atoms with Crippen molar-refractivity contribution in [2.75, 3.05) is 23.4 Å². The Morgan fingerprint density at radius 3 is 2.35 bits per heavy atom. The zero-order valence-corrected chi connectivity index (χ0v) is 11.3. The topological polar surface area (TPSA) is 46.2 Å². The van der Waals surface area contributed by atoms with Crippen molar-refractivity contribution in [1.82, 2.24) is 0 Å². The molecule has 0 aliphatic heterocycles. The number of para-hydroxylation sites is 1. The fraction of sp³-hybridized carbons (Fsp3) is 0.538. The number of nitrogens with one attached hydrogen (secondary N) is 1. The van der Waals surface area contributed by atoms with Gasteiger partial charge in [-0.05, 0) is 24.5 Å². The molecule has 0 saturated carbocycles. The van der Waals surface area contributed by atoms with Crippen molar-refractivity contribution in [1.29, 1.82) is 0 Å². The quantitative estimate of drug-likeness (QED) is 0.814. The summed E-state index contributed by atoms with van der Waals surface area (Å²) in [5, 5.41) is 3.11. The molecule has 4 heteroatoms. The van der Waals surface area contributed by atoms with Gasteiger partial charge in [-0.2, -0.15) is 0 Å². The van der Waals surface area contributed by atoms with Crippen molar-refractivity contribution in [3.8, 4) is 0 Å². The molecule has 1 N–H and O–H groups in total. The number of anilines is 1. The molecular formula is C13H21NO2S. The SMILES string of the molecule is CC(C)CCS(=O)(=O)CCNc1ccccc1. The minimum atomic E-state index is -2.91. The molecule has 0 spiro atoms. The van der Waals surface area contributed by atoms with Gasteiger partial charge in [-0.25, -0.2) is 8.42 Å². The van der Waals surface area contributed by atoms with Crippen LogP contribution in [0.4, 0.5) is 5.69 Å². The van der Waals surface area contributed by atoms with E-state index in [0.717, 1.165) is 12.1 Å². The lowest BCUT2D eigenvalue weighted by Gasteiger charge is -2.08. The molecule has 0 unspecified atom stereocenters. The number of hydrogen-bond donors (Lipinski definition) is 1. The number of hydrogen-bond acceptors (Lipinski definition) is 3. The Kier molecular flexibility index (Phi) is 5.48. The summed E-state index contributed by atoms with van der Waals surface area (Å²) in [7, 11) is -2.91. The highest BCUT2D eigenvalue weighted by Crippen LogP contribution is 2.06. The van der Waals surface area contributed by atoms with Gasteiger partial charge in [-0.15, -0.1) is 0 Å². The molecule has 1 aromatic rings. The summed E-state index contributed by atoms with van der Waals surface area (Å²) in [6, 6.07) is 9.65. The summed E-state index contributed by atoms with van der Waals surface area (Å²) >= 11 is 0. The molecule has 0 radical (unpaired) electrons. The van der Waals surface area contributed by atoms with Crippen LogP contribution >= 0.6 is 0 Å². The Morgan fingerprint density at radius 1 is 1.12 bits per heavy atom. The molecule has 0 bridgehead atoms. The third-order valence-electron chi connectivity index (χ3n) is 2.52. The Labute approximate surface area is 104 Å². The smallest absolute Gasteiger partial charge is 0.152 e. The van der Waals surface area contributed by atoms with E-state index in [1.54, 1.807) is 0 Å². The molecule has 96 valence electrons. The van der Waals surface area contributed by atoms with Gasteiger partial charge in [-0.3, -0.25) is 0 Å². The monoisotopic (exact) mass is 255 g/mol. The third kappa shape index (κ3) is 6.31. The van der Waals surface area contributed by atoms with Crippen molar-refractivity contribution >= 4 is 15.5 Å². The summed E-state index contributed by atoms with van der Waals surface area (Å²) in [5.41, 5.74) is 0.964. The van der Waals surface area contributed by atoms with Crippen molar-refractivity contribution in [3.05, 3.63) is 30.3 Å². The molecule has 0 fully saturated rings. The summed E-state index contributed by atoms with van der Waals surface area (Å²) in [6.45, 7) is 4.56. The zero-order valence-electron chi connectivity index (χ0n) is 10.5. The van der Waals surface area contributed by atoms with Crippen LogP contribution in [-0.2, 0) is 9.84 Å². The van der Waals surface area contributed by atoms with E-state index in [1.807, 2.05) is 44.2 Å². The fourth-order valence-electron chi connectivity index (χ4n) is 1.42. The van der Waals surface area contributed by atoms with Gasteiger partial charge in [0.05, 0.1) is 11.5 Å². The molecule has 3 nitrogen and oxygen atoms in total. The van der Waals surface area contributed by atoms with E-state index in [2.05, 4.69) is 5.32 Å². The van der Waals surface area contributed by atoms with Crippen LogP contribution in [0.25, 0.3) is 0 Å². The van der Waals surface area contributed by atoms with E-state index in [1.165, 1.54) is 0 Å². The molecule has 17 heavy (non-hydrogen) atoms. The number of sulfone groups is 1. The molecule has 0 heterocycles.